The predicted octanol–water partition coefficient (Wildman–Crippen LogP) is 4.40. The van der Waals surface area contributed by atoms with Crippen LogP contribution in [0.15, 0.2) is 41.9 Å². The normalized spacial score (nSPS) is 17.4. The van der Waals surface area contributed by atoms with E-state index in [9.17, 15) is 4.79 Å². The Hall–Kier alpha value is -2.44. The van der Waals surface area contributed by atoms with Crippen molar-refractivity contribution in [2.45, 2.75) is 33.2 Å². The molecule has 1 amide bonds. The predicted molar refractivity (Wildman–Crippen MR) is 118 cm³/mol. The highest BCUT2D eigenvalue weighted by molar-refractivity contribution is 7.12. The van der Waals surface area contributed by atoms with Gasteiger partial charge in [0.2, 0.25) is 0 Å². The Balaban J connectivity index is 1.38. The molecule has 1 aromatic carbocycles. The summed E-state index contributed by atoms with van der Waals surface area (Å²) < 4.78 is 0. The number of hydrogen-bond donors (Lipinski definition) is 2. The van der Waals surface area contributed by atoms with Crippen LogP contribution in [0.1, 0.15) is 39.2 Å². The Kier molecular flexibility index (Phi) is 6.11. The van der Waals surface area contributed by atoms with Gasteiger partial charge in [0.25, 0.3) is 5.91 Å². The van der Waals surface area contributed by atoms with Crippen LogP contribution in [0.25, 0.3) is 11.3 Å². The number of amides is 1. The summed E-state index contributed by atoms with van der Waals surface area (Å²) >= 11 is 1.49. The molecule has 1 aliphatic heterocycles. The van der Waals surface area contributed by atoms with Crippen LogP contribution in [0.3, 0.4) is 0 Å². The van der Waals surface area contributed by atoms with Gasteiger partial charge in [-0.15, -0.1) is 11.3 Å². The molecule has 1 aliphatic rings. The molecule has 2 N–H and O–H groups in total. The van der Waals surface area contributed by atoms with Crippen molar-refractivity contribution in [1.82, 2.24) is 20.4 Å². The van der Waals surface area contributed by atoms with E-state index in [2.05, 4.69) is 52.5 Å². The molecule has 29 heavy (non-hydrogen) atoms. The fourth-order valence-electron chi connectivity index (χ4n) is 4.10. The van der Waals surface area contributed by atoms with Crippen LogP contribution in [-0.4, -0.2) is 40.6 Å². The lowest BCUT2D eigenvalue weighted by atomic mass is 9.96. The summed E-state index contributed by atoms with van der Waals surface area (Å²) in [5, 5.41) is 12.6. The van der Waals surface area contributed by atoms with Crippen molar-refractivity contribution < 1.29 is 4.79 Å². The summed E-state index contributed by atoms with van der Waals surface area (Å²) in [5.74, 6) is 0.535. The van der Waals surface area contributed by atoms with Crippen LogP contribution >= 0.6 is 11.3 Å². The van der Waals surface area contributed by atoms with Crippen LogP contribution < -0.4 is 5.32 Å². The van der Waals surface area contributed by atoms with E-state index in [1.165, 1.54) is 33.6 Å². The van der Waals surface area contributed by atoms with Crippen LogP contribution in [0.2, 0.25) is 0 Å². The average molecular weight is 409 g/mol. The second-order valence-electron chi connectivity index (χ2n) is 8.02. The zero-order valence-corrected chi connectivity index (χ0v) is 17.9. The minimum absolute atomic E-state index is 0.0455. The smallest absolute Gasteiger partial charge is 0.261 e. The molecule has 3 aromatic rings. The number of aryl methyl sites for hydroxylation is 2. The van der Waals surface area contributed by atoms with Crippen molar-refractivity contribution in [2.24, 2.45) is 5.92 Å². The van der Waals surface area contributed by atoms with Gasteiger partial charge in [0.15, 0.2) is 0 Å². The molecular weight excluding hydrogens is 380 g/mol. The molecule has 152 valence electrons. The number of hydrogen-bond acceptors (Lipinski definition) is 4. The van der Waals surface area contributed by atoms with Crippen molar-refractivity contribution >= 4 is 17.2 Å². The second-order valence-corrected chi connectivity index (χ2v) is 8.97. The zero-order chi connectivity index (χ0) is 20.2. The highest BCUT2D eigenvalue weighted by Gasteiger charge is 2.22. The summed E-state index contributed by atoms with van der Waals surface area (Å²) in [6.45, 7) is 7.98. The molecule has 0 bridgehead atoms. The number of aromatic nitrogens is 2. The summed E-state index contributed by atoms with van der Waals surface area (Å²) in [5.41, 5.74) is 6.11. The highest BCUT2D eigenvalue weighted by atomic mass is 32.1. The molecule has 0 aliphatic carbocycles. The Morgan fingerprint density at radius 3 is 3.07 bits per heavy atom. The number of carbonyl (C=O) groups is 1. The standard InChI is InChI=1S/C23H28N4OS/c1-16-7-8-17(2)20(11-16)22-19(13-25-26-22)15-27-9-3-5-18(14-27)12-24-23(28)21-6-4-10-29-21/h4,6-8,10-11,13,18H,3,5,9,12,14-15H2,1-2H3,(H,24,28)(H,25,26)/t18-/m1/s1. The number of thiophene rings is 1. The first kappa shape index (κ1) is 19.9. The van der Waals surface area contributed by atoms with Gasteiger partial charge >= 0.3 is 0 Å². The van der Waals surface area contributed by atoms with E-state index >= 15 is 0 Å². The fourth-order valence-corrected chi connectivity index (χ4v) is 4.74. The molecule has 0 unspecified atom stereocenters. The van der Waals surface area contributed by atoms with E-state index in [1.807, 2.05) is 23.7 Å². The maximum absolute atomic E-state index is 12.2. The van der Waals surface area contributed by atoms with Crippen molar-refractivity contribution in [3.63, 3.8) is 0 Å². The second kappa shape index (κ2) is 8.93. The summed E-state index contributed by atoms with van der Waals surface area (Å²) in [7, 11) is 0. The fraction of sp³-hybridized carbons (Fsp3) is 0.391. The van der Waals surface area contributed by atoms with Crippen LogP contribution in [0.4, 0.5) is 0 Å². The maximum Gasteiger partial charge on any atom is 0.261 e. The molecule has 1 fully saturated rings. The zero-order valence-electron chi connectivity index (χ0n) is 17.1. The number of piperidine rings is 1. The van der Waals surface area contributed by atoms with Gasteiger partial charge in [-0.1, -0.05) is 23.8 Å². The van der Waals surface area contributed by atoms with Gasteiger partial charge in [-0.3, -0.25) is 14.8 Å². The molecular formula is C23H28N4OS. The summed E-state index contributed by atoms with van der Waals surface area (Å²) in [6.07, 6.45) is 4.28. The van der Waals surface area contributed by atoms with E-state index in [4.69, 9.17) is 0 Å². The van der Waals surface area contributed by atoms with Crippen LogP contribution in [-0.2, 0) is 6.54 Å². The molecule has 2 aromatic heterocycles. The van der Waals surface area contributed by atoms with E-state index in [1.54, 1.807) is 0 Å². The Bertz CT molecular complexity index is 963. The number of rotatable bonds is 6. The van der Waals surface area contributed by atoms with Crippen molar-refractivity contribution in [1.29, 1.82) is 0 Å². The summed E-state index contributed by atoms with van der Waals surface area (Å²) in [6, 6.07) is 10.3. The molecule has 6 heteroatoms. The lowest BCUT2D eigenvalue weighted by Crippen LogP contribution is -2.40. The van der Waals surface area contributed by atoms with Crippen LogP contribution in [0.5, 0.6) is 0 Å². The van der Waals surface area contributed by atoms with Crippen molar-refractivity contribution in [2.75, 3.05) is 19.6 Å². The molecule has 1 atom stereocenters. The average Bonchev–Trinajstić information content (AvgIpc) is 3.41. The van der Waals surface area contributed by atoms with Crippen LogP contribution in [0, 0.1) is 19.8 Å². The maximum atomic E-state index is 12.2. The first-order valence-corrected chi connectivity index (χ1v) is 11.1. The third-order valence-electron chi connectivity index (χ3n) is 5.67. The number of carbonyl (C=O) groups excluding carboxylic acids is 1. The lowest BCUT2D eigenvalue weighted by Gasteiger charge is -2.32. The Morgan fingerprint density at radius 2 is 2.24 bits per heavy atom. The quantitative estimate of drug-likeness (QED) is 0.636. The summed E-state index contributed by atoms with van der Waals surface area (Å²) in [4.78, 5) is 15.5. The SMILES string of the molecule is Cc1ccc(C)c(-c2[nH]ncc2CN2CCC[C@H](CNC(=O)c3cccs3)C2)c1. The minimum atomic E-state index is 0.0455. The molecule has 0 spiro atoms. The van der Waals surface area contributed by atoms with Gasteiger partial charge in [-0.25, -0.2) is 0 Å². The Morgan fingerprint density at radius 1 is 1.34 bits per heavy atom. The first-order valence-electron chi connectivity index (χ1n) is 10.2. The van der Waals surface area contributed by atoms with E-state index < -0.39 is 0 Å². The van der Waals surface area contributed by atoms with Crippen molar-refractivity contribution in [3.8, 4) is 11.3 Å². The van der Waals surface area contributed by atoms with Gasteiger partial charge in [-0.05, 0) is 62.2 Å². The third kappa shape index (κ3) is 4.77. The number of nitrogens with zero attached hydrogens (tertiary/aromatic N) is 2. The van der Waals surface area contributed by atoms with Crippen molar-refractivity contribution in [3.05, 3.63) is 63.5 Å². The number of H-pyrrole nitrogens is 1. The van der Waals surface area contributed by atoms with Gasteiger partial charge in [0, 0.05) is 30.8 Å². The lowest BCUT2D eigenvalue weighted by molar-refractivity contribution is 0.0934. The third-order valence-corrected chi connectivity index (χ3v) is 6.54. The molecule has 4 rings (SSSR count). The topological polar surface area (TPSA) is 61.0 Å². The van der Waals surface area contributed by atoms with E-state index in [0.29, 0.717) is 5.92 Å². The number of likely N-dealkylation sites (tertiary alicyclic amines) is 1. The van der Waals surface area contributed by atoms with E-state index in [0.717, 1.165) is 49.6 Å². The Labute approximate surface area is 176 Å². The minimum Gasteiger partial charge on any atom is -0.351 e. The van der Waals surface area contributed by atoms with E-state index in [-0.39, 0.29) is 5.91 Å². The van der Waals surface area contributed by atoms with Gasteiger partial charge in [0.1, 0.15) is 0 Å². The largest absolute Gasteiger partial charge is 0.351 e. The number of nitrogens with one attached hydrogen (secondary N) is 2. The van der Waals surface area contributed by atoms with Gasteiger partial charge in [0.05, 0.1) is 16.8 Å². The molecule has 0 saturated carbocycles. The molecule has 0 radical (unpaired) electrons. The molecule has 1 saturated heterocycles. The number of benzene rings is 1. The first-order chi connectivity index (χ1) is 14.1. The monoisotopic (exact) mass is 408 g/mol. The molecule has 5 nitrogen and oxygen atoms in total. The molecule has 3 heterocycles. The van der Waals surface area contributed by atoms with Gasteiger partial charge in [-0.2, -0.15) is 5.10 Å². The number of aromatic amines is 1. The highest BCUT2D eigenvalue weighted by Crippen LogP contribution is 2.28. The van der Waals surface area contributed by atoms with Gasteiger partial charge < -0.3 is 5.32 Å².